The minimum Gasteiger partial charge on any atom is -0.322 e. The first kappa shape index (κ1) is 13.2. The van der Waals surface area contributed by atoms with Crippen molar-refractivity contribution in [2.24, 2.45) is 34.4 Å². The number of hydrogen-bond acceptors (Lipinski definition) is 6. The van der Waals surface area contributed by atoms with Gasteiger partial charge in [0.15, 0.2) is 0 Å². The lowest BCUT2D eigenvalue weighted by molar-refractivity contribution is 0.122. The number of benzene rings is 1. The molecule has 0 saturated heterocycles. The third-order valence-corrected chi connectivity index (χ3v) is 3.77. The second kappa shape index (κ2) is 3.86. The highest BCUT2D eigenvalue weighted by Crippen LogP contribution is 2.35. The maximum absolute atomic E-state index is 6.34. The monoisotopic (exact) mass is 248 g/mol. The minimum absolute atomic E-state index is 0.659. The van der Waals surface area contributed by atoms with Gasteiger partial charge in [-0.1, -0.05) is 42.5 Å². The van der Waals surface area contributed by atoms with Crippen molar-refractivity contribution in [1.29, 1.82) is 0 Å². The molecule has 12 N–H and O–H groups in total. The summed E-state index contributed by atoms with van der Waals surface area (Å²) >= 11 is 0. The summed E-state index contributed by atoms with van der Waals surface area (Å²) < 4.78 is 0. The molecule has 0 saturated carbocycles. The van der Waals surface area contributed by atoms with Crippen LogP contribution in [0, 0.1) is 0 Å². The summed E-state index contributed by atoms with van der Waals surface area (Å²) in [6.07, 6.45) is 3.32. The molecule has 1 aromatic rings. The van der Waals surface area contributed by atoms with Crippen molar-refractivity contribution >= 4 is 0 Å². The van der Waals surface area contributed by atoms with Crippen LogP contribution in [0.3, 0.4) is 0 Å². The van der Waals surface area contributed by atoms with Gasteiger partial charge < -0.3 is 34.4 Å². The average Bonchev–Trinajstić information content (AvgIpc) is 2.34. The zero-order chi connectivity index (χ0) is 13.6. The summed E-state index contributed by atoms with van der Waals surface area (Å²) in [5, 5.41) is 0. The van der Waals surface area contributed by atoms with Crippen LogP contribution in [0.5, 0.6) is 0 Å². The molecule has 0 aromatic heterocycles. The lowest BCUT2D eigenvalue weighted by atomic mass is 9.67. The van der Waals surface area contributed by atoms with Crippen LogP contribution in [0.15, 0.2) is 42.5 Å². The Bertz CT molecular complexity index is 467. The van der Waals surface area contributed by atoms with Gasteiger partial charge in [0.05, 0.1) is 11.6 Å². The molecule has 0 radical (unpaired) electrons. The Morgan fingerprint density at radius 1 is 0.889 bits per heavy atom. The van der Waals surface area contributed by atoms with Gasteiger partial charge in [0.2, 0.25) is 0 Å². The first-order valence-electron chi connectivity index (χ1n) is 5.68. The maximum atomic E-state index is 6.34. The van der Waals surface area contributed by atoms with Gasteiger partial charge in [-0.25, -0.2) is 0 Å². The van der Waals surface area contributed by atoms with Crippen LogP contribution in [0.4, 0.5) is 0 Å². The highest BCUT2D eigenvalue weighted by Gasteiger charge is 2.58. The first-order chi connectivity index (χ1) is 8.23. The van der Waals surface area contributed by atoms with Crippen molar-refractivity contribution in [2.75, 3.05) is 0 Å². The Balaban J connectivity index is 2.61. The molecule has 18 heavy (non-hydrogen) atoms. The molecule has 0 spiro atoms. The summed E-state index contributed by atoms with van der Waals surface area (Å²) in [4.78, 5) is 0. The molecule has 0 aliphatic heterocycles. The van der Waals surface area contributed by atoms with Gasteiger partial charge in [0.25, 0.3) is 0 Å². The second-order valence-corrected chi connectivity index (χ2v) is 4.92. The standard InChI is InChI=1S/C12H20N6/c13-9-6-7-10(14,8-4-2-1-3-5-8)12(17,18)11(9,15)16/h1-7,9H,13-18H2. The molecule has 1 aromatic carbocycles. The van der Waals surface area contributed by atoms with E-state index in [1.165, 1.54) is 0 Å². The van der Waals surface area contributed by atoms with E-state index in [9.17, 15) is 0 Å². The second-order valence-electron chi connectivity index (χ2n) is 4.92. The molecular weight excluding hydrogens is 228 g/mol. The minimum atomic E-state index is -1.57. The fraction of sp³-hybridized carbons (Fsp3) is 0.333. The Labute approximate surface area is 106 Å². The van der Waals surface area contributed by atoms with Crippen LogP contribution < -0.4 is 34.4 Å². The Hall–Kier alpha value is -1.28. The van der Waals surface area contributed by atoms with Crippen molar-refractivity contribution in [1.82, 2.24) is 0 Å². The zero-order valence-corrected chi connectivity index (χ0v) is 10.1. The summed E-state index contributed by atoms with van der Waals surface area (Å²) in [6, 6.07) is 8.55. The molecule has 2 rings (SSSR count). The molecule has 2 atom stereocenters. The molecule has 1 aliphatic carbocycles. The fourth-order valence-electron chi connectivity index (χ4n) is 2.24. The van der Waals surface area contributed by atoms with Gasteiger partial charge >= 0.3 is 0 Å². The third-order valence-electron chi connectivity index (χ3n) is 3.77. The summed E-state index contributed by atoms with van der Waals surface area (Å²) in [5.41, 5.74) is 32.9. The Morgan fingerprint density at radius 3 is 2.00 bits per heavy atom. The third kappa shape index (κ3) is 1.52. The van der Waals surface area contributed by atoms with Crippen LogP contribution in [-0.4, -0.2) is 17.4 Å². The van der Waals surface area contributed by atoms with Crippen molar-refractivity contribution in [3.8, 4) is 0 Å². The molecule has 0 bridgehead atoms. The van der Waals surface area contributed by atoms with Crippen molar-refractivity contribution in [3.63, 3.8) is 0 Å². The number of nitrogens with two attached hydrogens (primary N) is 6. The summed E-state index contributed by atoms with van der Waals surface area (Å²) in [6.45, 7) is 0. The molecule has 98 valence electrons. The molecule has 6 nitrogen and oxygen atoms in total. The first-order valence-corrected chi connectivity index (χ1v) is 5.68. The summed E-state index contributed by atoms with van der Waals surface area (Å²) in [5.74, 6) is 0. The van der Waals surface area contributed by atoms with Crippen LogP contribution in [-0.2, 0) is 5.54 Å². The van der Waals surface area contributed by atoms with Gasteiger partial charge in [0.1, 0.15) is 11.3 Å². The molecule has 2 unspecified atom stereocenters. The van der Waals surface area contributed by atoms with E-state index in [1.54, 1.807) is 12.2 Å². The zero-order valence-electron chi connectivity index (χ0n) is 10.1. The van der Waals surface area contributed by atoms with E-state index in [0.717, 1.165) is 5.56 Å². The lowest BCUT2D eigenvalue weighted by Gasteiger charge is -2.54. The van der Waals surface area contributed by atoms with Crippen molar-refractivity contribution in [2.45, 2.75) is 22.9 Å². The van der Waals surface area contributed by atoms with E-state index in [-0.39, 0.29) is 0 Å². The molecule has 0 amide bonds. The normalized spacial score (nSPS) is 33.3. The number of hydrogen-bond donors (Lipinski definition) is 6. The van der Waals surface area contributed by atoms with Crippen LogP contribution >= 0.6 is 0 Å². The quantitative estimate of drug-likeness (QED) is 0.248. The fourth-order valence-corrected chi connectivity index (χ4v) is 2.24. The van der Waals surface area contributed by atoms with E-state index in [4.69, 9.17) is 34.4 Å². The van der Waals surface area contributed by atoms with Crippen LogP contribution in [0.1, 0.15) is 5.56 Å². The van der Waals surface area contributed by atoms with Crippen LogP contribution in [0.25, 0.3) is 0 Å². The van der Waals surface area contributed by atoms with E-state index in [0.29, 0.717) is 0 Å². The Morgan fingerprint density at radius 2 is 1.44 bits per heavy atom. The Kier molecular flexibility index (Phi) is 2.82. The van der Waals surface area contributed by atoms with Crippen LogP contribution in [0.2, 0.25) is 0 Å². The SMILES string of the molecule is NC1C=CC(N)(c2ccccc2)C(N)(N)C1(N)N. The summed E-state index contributed by atoms with van der Waals surface area (Å²) in [7, 11) is 0. The maximum Gasteiger partial charge on any atom is 0.124 e. The van der Waals surface area contributed by atoms with Gasteiger partial charge in [-0.3, -0.25) is 0 Å². The predicted octanol–water partition coefficient (Wildman–Crippen LogP) is -2.03. The molecule has 0 fully saturated rings. The lowest BCUT2D eigenvalue weighted by Crippen LogP contribution is -2.90. The molecule has 0 heterocycles. The van der Waals surface area contributed by atoms with Crippen molar-refractivity contribution < 1.29 is 0 Å². The molecule has 1 aliphatic rings. The molecular formula is C12H20N6. The van der Waals surface area contributed by atoms with Gasteiger partial charge in [0, 0.05) is 0 Å². The van der Waals surface area contributed by atoms with E-state index < -0.39 is 22.9 Å². The average molecular weight is 248 g/mol. The van der Waals surface area contributed by atoms with Gasteiger partial charge in [-0.05, 0) is 5.56 Å². The van der Waals surface area contributed by atoms with Crippen molar-refractivity contribution in [3.05, 3.63) is 48.0 Å². The van der Waals surface area contributed by atoms with E-state index >= 15 is 0 Å². The number of rotatable bonds is 1. The predicted molar refractivity (Wildman–Crippen MR) is 71.6 cm³/mol. The van der Waals surface area contributed by atoms with Gasteiger partial charge in [-0.2, -0.15) is 0 Å². The van der Waals surface area contributed by atoms with E-state index in [2.05, 4.69) is 0 Å². The van der Waals surface area contributed by atoms with Gasteiger partial charge in [-0.15, -0.1) is 0 Å². The topological polar surface area (TPSA) is 156 Å². The van der Waals surface area contributed by atoms with E-state index in [1.807, 2.05) is 30.3 Å². The smallest absolute Gasteiger partial charge is 0.124 e. The highest BCUT2D eigenvalue weighted by atomic mass is 15.2. The molecule has 6 heteroatoms. The largest absolute Gasteiger partial charge is 0.322 e. The highest BCUT2D eigenvalue weighted by molar-refractivity contribution is 5.41.